The minimum Gasteiger partial charge on any atom is -0.462 e. The van der Waals surface area contributed by atoms with Crippen LogP contribution in [0.3, 0.4) is 0 Å². The molecule has 1 saturated heterocycles. The summed E-state index contributed by atoms with van der Waals surface area (Å²) >= 11 is 0. The molecular formula is C43H82O10. The zero-order valence-electron chi connectivity index (χ0n) is 34.0. The van der Waals surface area contributed by atoms with Gasteiger partial charge < -0.3 is 39.4 Å². The smallest absolute Gasteiger partial charge is 0.306 e. The average Bonchev–Trinajstić information content (AvgIpc) is 3.15. The quantitative estimate of drug-likeness (QED) is 0.0357. The summed E-state index contributed by atoms with van der Waals surface area (Å²) < 4.78 is 22.1. The van der Waals surface area contributed by atoms with E-state index in [9.17, 15) is 30.0 Å². The van der Waals surface area contributed by atoms with Crippen LogP contribution in [0.1, 0.15) is 206 Å². The van der Waals surface area contributed by atoms with Gasteiger partial charge in [-0.2, -0.15) is 0 Å². The van der Waals surface area contributed by atoms with E-state index in [4.69, 9.17) is 18.9 Å². The maximum atomic E-state index is 12.7. The molecule has 0 radical (unpaired) electrons. The fourth-order valence-electron chi connectivity index (χ4n) is 6.95. The van der Waals surface area contributed by atoms with Gasteiger partial charge in [-0.25, -0.2) is 0 Å². The molecule has 0 aliphatic carbocycles. The van der Waals surface area contributed by atoms with E-state index in [1.165, 1.54) is 135 Å². The molecule has 0 aromatic rings. The molecule has 0 saturated carbocycles. The molecule has 53 heavy (non-hydrogen) atoms. The van der Waals surface area contributed by atoms with Gasteiger partial charge in [0.05, 0.1) is 13.2 Å². The number of rotatable bonds is 37. The molecule has 0 spiro atoms. The van der Waals surface area contributed by atoms with Crippen molar-refractivity contribution in [2.24, 2.45) is 0 Å². The Morgan fingerprint density at radius 3 is 1.28 bits per heavy atom. The predicted molar refractivity (Wildman–Crippen MR) is 210 cm³/mol. The van der Waals surface area contributed by atoms with E-state index in [1.807, 2.05) is 0 Å². The molecule has 10 heteroatoms. The number of aliphatic hydroxyl groups is 4. The lowest BCUT2D eigenvalue weighted by molar-refractivity contribution is -0.305. The maximum absolute atomic E-state index is 12.7. The molecule has 0 aromatic heterocycles. The van der Waals surface area contributed by atoms with Gasteiger partial charge in [0.1, 0.15) is 31.0 Å². The van der Waals surface area contributed by atoms with E-state index in [0.717, 1.165) is 38.5 Å². The summed E-state index contributed by atoms with van der Waals surface area (Å²) in [6.45, 7) is 3.44. The number of carbonyl (C=O) groups excluding carboxylic acids is 2. The lowest BCUT2D eigenvalue weighted by atomic mass is 9.99. The van der Waals surface area contributed by atoms with Crippen LogP contribution in [0, 0.1) is 0 Å². The number of esters is 2. The van der Waals surface area contributed by atoms with E-state index in [1.54, 1.807) is 0 Å². The summed E-state index contributed by atoms with van der Waals surface area (Å²) in [4.78, 5) is 25.3. The van der Waals surface area contributed by atoms with Crippen LogP contribution in [-0.4, -0.2) is 89.0 Å². The summed E-state index contributed by atoms with van der Waals surface area (Å²) in [6.07, 6.45) is 26.8. The van der Waals surface area contributed by atoms with E-state index in [2.05, 4.69) is 13.8 Å². The zero-order chi connectivity index (χ0) is 38.8. The van der Waals surface area contributed by atoms with Gasteiger partial charge in [-0.05, 0) is 12.8 Å². The van der Waals surface area contributed by atoms with Crippen LogP contribution in [0.2, 0.25) is 0 Å². The summed E-state index contributed by atoms with van der Waals surface area (Å²) in [5, 5.41) is 40.0. The highest BCUT2D eigenvalue weighted by Gasteiger charge is 2.44. The van der Waals surface area contributed by atoms with Gasteiger partial charge in [-0.3, -0.25) is 9.59 Å². The second kappa shape index (κ2) is 35.1. The second-order valence-electron chi connectivity index (χ2n) is 15.5. The Bertz CT molecular complexity index is 840. The molecule has 1 unspecified atom stereocenters. The summed E-state index contributed by atoms with van der Waals surface area (Å²) in [5.41, 5.74) is 0. The van der Waals surface area contributed by atoms with Crippen LogP contribution < -0.4 is 0 Å². The Labute approximate surface area is 323 Å². The van der Waals surface area contributed by atoms with Crippen molar-refractivity contribution >= 4 is 11.9 Å². The summed E-state index contributed by atoms with van der Waals surface area (Å²) in [6, 6.07) is 0. The maximum Gasteiger partial charge on any atom is 0.306 e. The van der Waals surface area contributed by atoms with Crippen molar-refractivity contribution in [2.75, 3.05) is 19.8 Å². The number of carbonyl (C=O) groups is 2. The van der Waals surface area contributed by atoms with Gasteiger partial charge >= 0.3 is 11.9 Å². The lowest BCUT2D eigenvalue weighted by Gasteiger charge is -2.39. The standard InChI is InChI=1S/C43H82O10/c1-3-5-7-9-11-13-15-17-18-20-22-24-26-28-30-32-39(46)52-36(35-51-43-42(49)41(48)40(47)37(33-44)53-43)34-50-38(45)31-29-27-25-23-21-19-16-14-12-10-8-6-4-2/h36-37,40-44,47-49H,3-35H2,1-2H3/t36?,37-,40-,41+,42-,43-/m1/s1. The lowest BCUT2D eigenvalue weighted by Crippen LogP contribution is -2.59. The Balaban J connectivity index is 2.32. The molecule has 1 aliphatic rings. The SMILES string of the molecule is CCCCCCCCCCCCCCCCCC(=O)OC(COC(=O)CCCCCCCCCCCCCCC)CO[C@@H]1O[C@H](CO)[C@@H](O)[C@H](O)[C@H]1O. The molecular weight excluding hydrogens is 676 g/mol. The minimum absolute atomic E-state index is 0.209. The molecule has 1 rings (SSSR count). The first kappa shape index (κ1) is 49.7. The van der Waals surface area contributed by atoms with E-state index in [0.29, 0.717) is 6.42 Å². The molecule has 10 nitrogen and oxygen atoms in total. The molecule has 1 aliphatic heterocycles. The van der Waals surface area contributed by atoms with Crippen molar-refractivity contribution in [1.29, 1.82) is 0 Å². The number of hydrogen-bond donors (Lipinski definition) is 4. The topological polar surface area (TPSA) is 152 Å². The first-order chi connectivity index (χ1) is 25.8. The van der Waals surface area contributed by atoms with Gasteiger partial charge in [-0.1, -0.05) is 181 Å². The van der Waals surface area contributed by atoms with Crippen LogP contribution in [0.25, 0.3) is 0 Å². The third kappa shape index (κ3) is 27.0. The van der Waals surface area contributed by atoms with E-state index < -0.39 is 49.4 Å². The number of unbranched alkanes of at least 4 members (excludes halogenated alkanes) is 26. The summed E-state index contributed by atoms with van der Waals surface area (Å²) in [7, 11) is 0. The first-order valence-corrected chi connectivity index (χ1v) is 22.1. The molecule has 0 bridgehead atoms. The van der Waals surface area contributed by atoms with Crippen molar-refractivity contribution in [3.63, 3.8) is 0 Å². The van der Waals surface area contributed by atoms with Crippen LogP contribution in [0.15, 0.2) is 0 Å². The second-order valence-corrected chi connectivity index (χ2v) is 15.5. The molecule has 6 atom stereocenters. The van der Waals surface area contributed by atoms with Crippen LogP contribution in [0.5, 0.6) is 0 Å². The van der Waals surface area contributed by atoms with Gasteiger partial charge in [-0.15, -0.1) is 0 Å². The van der Waals surface area contributed by atoms with Gasteiger partial charge in [0, 0.05) is 12.8 Å². The van der Waals surface area contributed by atoms with Gasteiger partial charge in [0.2, 0.25) is 0 Å². The monoisotopic (exact) mass is 759 g/mol. The van der Waals surface area contributed by atoms with Gasteiger partial charge in [0.25, 0.3) is 0 Å². The van der Waals surface area contributed by atoms with E-state index >= 15 is 0 Å². The number of hydrogen-bond acceptors (Lipinski definition) is 10. The van der Waals surface area contributed by atoms with E-state index in [-0.39, 0.29) is 32.0 Å². The Hall–Kier alpha value is -1.30. The molecule has 1 heterocycles. The van der Waals surface area contributed by atoms with Crippen molar-refractivity contribution in [1.82, 2.24) is 0 Å². The first-order valence-electron chi connectivity index (χ1n) is 22.1. The highest BCUT2D eigenvalue weighted by Crippen LogP contribution is 2.23. The van der Waals surface area contributed by atoms with Gasteiger partial charge in [0.15, 0.2) is 12.4 Å². The van der Waals surface area contributed by atoms with Crippen molar-refractivity contribution in [3.8, 4) is 0 Å². The number of ether oxygens (including phenoxy) is 4. The number of aliphatic hydroxyl groups excluding tert-OH is 4. The molecule has 4 N–H and O–H groups in total. The van der Waals surface area contributed by atoms with Crippen molar-refractivity contribution in [3.05, 3.63) is 0 Å². The third-order valence-electron chi connectivity index (χ3n) is 10.5. The normalized spacial score (nSPS) is 20.8. The highest BCUT2D eigenvalue weighted by molar-refractivity contribution is 5.70. The highest BCUT2D eigenvalue weighted by atomic mass is 16.7. The molecule has 0 amide bonds. The minimum atomic E-state index is -1.59. The molecule has 314 valence electrons. The van der Waals surface area contributed by atoms with Crippen LogP contribution >= 0.6 is 0 Å². The predicted octanol–water partition coefficient (Wildman–Crippen LogP) is 9.00. The van der Waals surface area contributed by atoms with Crippen molar-refractivity contribution < 1.29 is 49.0 Å². The fraction of sp³-hybridized carbons (Fsp3) is 0.953. The summed E-state index contributed by atoms with van der Waals surface area (Å²) in [5.74, 6) is -0.793. The van der Waals surface area contributed by atoms with Crippen LogP contribution in [0.4, 0.5) is 0 Å². The average molecular weight is 759 g/mol. The Morgan fingerprint density at radius 1 is 0.509 bits per heavy atom. The Kier molecular flexibility index (Phi) is 33.0. The van der Waals surface area contributed by atoms with Crippen molar-refractivity contribution in [2.45, 2.75) is 243 Å². The fourth-order valence-corrected chi connectivity index (χ4v) is 6.95. The van der Waals surface area contributed by atoms with Crippen LogP contribution in [-0.2, 0) is 28.5 Å². The third-order valence-corrected chi connectivity index (χ3v) is 10.5. The molecule has 0 aromatic carbocycles. The zero-order valence-corrected chi connectivity index (χ0v) is 34.0. The molecule has 1 fully saturated rings. The largest absolute Gasteiger partial charge is 0.462 e. The Morgan fingerprint density at radius 2 is 0.887 bits per heavy atom.